The molecule has 1 fully saturated rings. The minimum atomic E-state index is -0.340. The lowest BCUT2D eigenvalue weighted by Crippen LogP contribution is -2.58. The molecule has 1 saturated heterocycles. The van der Waals surface area contributed by atoms with Crippen LogP contribution in [0.4, 0.5) is 0 Å². The van der Waals surface area contributed by atoms with Crippen molar-refractivity contribution in [2.75, 3.05) is 26.8 Å². The van der Waals surface area contributed by atoms with Crippen LogP contribution in [0.3, 0.4) is 0 Å². The maximum absolute atomic E-state index is 11.8. The molecule has 2 amide bonds. The number of ether oxygens (including phenoxy) is 1. The molecular formula is C10H18N2O3. The number of nitrogens with zero attached hydrogens (tertiary/aromatic N) is 1. The van der Waals surface area contributed by atoms with Crippen LogP contribution in [0.1, 0.15) is 19.8 Å². The van der Waals surface area contributed by atoms with Crippen molar-refractivity contribution in [2.24, 2.45) is 0 Å². The van der Waals surface area contributed by atoms with Gasteiger partial charge in [-0.1, -0.05) is 13.3 Å². The number of rotatable bonds is 5. The average Bonchev–Trinajstić information content (AvgIpc) is 2.21. The van der Waals surface area contributed by atoms with Gasteiger partial charge in [-0.25, -0.2) is 0 Å². The number of piperazine rings is 1. The predicted molar refractivity (Wildman–Crippen MR) is 55.3 cm³/mol. The molecule has 1 aliphatic rings. The van der Waals surface area contributed by atoms with E-state index in [0.717, 1.165) is 6.42 Å². The fraction of sp³-hybridized carbons (Fsp3) is 0.800. The Labute approximate surface area is 89.8 Å². The van der Waals surface area contributed by atoms with Gasteiger partial charge in [-0.15, -0.1) is 0 Å². The van der Waals surface area contributed by atoms with Gasteiger partial charge in [0.15, 0.2) is 0 Å². The molecule has 0 radical (unpaired) electrons. The topological polar surface area (TPSA) is 58.6 Å². The van der Waals surface area contributed by atoms with Crippen molar-refractivity contribution in [1.82, 2.24) is 10.2 Å². The second-order valence-electron chi connectivity index (χ2n) is 3.66. The van der Waals surface area contributed by atoms with Gasteiger partial charge in [-0.05, 0) is 6.42 Å². The highest BCUT2D eigenvalue weighted by Crippen LogP contribution is 2.07. The first kappa shape index (κ1) is 12.0. The Kier molecular flexibility index (Phi) is 4.55. The Hall–Kier alpha value is -1.10. The zero-order valence-electron chi connectivity index (χ0n) is 9.28. The van der Waals surface area contributed by atoms with Gasteiger partial charge in [0.2, 0.25) is 11.8 Å². The molecule has 86 valence electrons. The molecule has 5 heteroatoms. The summed E-state index contributed by atoms with van der Waals surface area (Å²) in [6.45, 7) is 3.11. The fourth-order valence-corrected chi connectivity index (χ4v) is 1.65. The Bertz CT molecular complexity index is 243. The second kappa shape index (κ2) is 5.70. The smallest absolute Gasteiger partial charge is 0.245 e. The van der Waals surface area contributed by atoms with Crippen molar-refractivity contribution in [3.05, 3.63) is 0 Å². The molecule has 0 bridgehead atoms. The third-order valence-corrected chi connectivity index (χ3v) is 2.42. The van der Waals surface area contributed by atoms with Gasteiger partial charge in [0.05, 0.1) is 13.2 Å². The molecule has 1 heterocycles. The molecule has 1 unspecified atom stereocenters. The van der Waals surface area contributed by atoms with E-state index in [1.165, 1.54) is 0 Å². The van der Waals surface area contributed by atoms with Crippen LogP contribution in [-0.2, 0) is 14.3 Å². The van der Waals surface area contributed by atoms with Crippen molar-refractivity contribution in [3.63, 3.8) is 0 Å². The van der Waals surface area contributed by atoms with Gasteiger partial charge in [0, 0.05) is 13.7 Å². The van der Waals surface area contributed by atoms with E-state index < -0.39 is 0 Å². The lowest BCUT2D eigenvalue weighted by atomic mass is 10.1. The minimum absolute atomic E-state index is 0.00787. The molecule has 0 aliphatic carbocycles. The summed E-state index contributed by atoms with van der Waals surface area (Å²) in [6, 6.07) is -0.340. The number of amides is 2. The SMILES string of the molecule is CCCC1NC(=O)CN(CCOC)C1=O. The van der Waals surface area contributed by atoms with Crippen molar-refractivity contribution in [3.8, 4) is 0 Å². The first-order valence-corrected chi connectivity index (χ1v) is 5.26. The molecule has 1 rings (SSSR count). The van der Waals surface area contributed by atoms with Crippen LogP contribution >= 0.6 is 0 Å². The summed E-state index contributed by atoms with van der Waals surface area (Å²) in [4.78, 5) is 24.7. The second-order valence-corrected chi connectivity index (χ2v) is 3.66. The molecule has 1 N–H and O–H groups in total. The Morgan fingerprint density at radius 2 is 2.27 bits per heavy atom. The minimum Gasteiger partial charge on any atom is -0.383 e. The standard InChI is InChI=1S/C10H18N2O3/c1-3-4-8-10(14)12(5-6-15-2)7-9(13)11-8/h8H,3-7H2,1-2H3,(H,11,13). The van der Waals surface area contributed by atoms with Crippen LogP contribution in [0, 0.1) is 0 Å². The van der Waals surface area contributed by atoms with Gasteiger partial charge in [-0.3, -0.25) is 9.59 Å². The van der Waals surface area contributed by atoms with Gasteiger partial charge >= 0.3 is 0 Å². The Balaban J connectivity index is 2.55. The first-order valence-electron chi connectivity index (χ1n) is 5.26. The van der Waals surface area contributed by atoms with Crippen LogP contribution in [0.2, 0.25) is 0 Å². The summed E-state index contributed by atoms with van der Waals surface area (Å²) < 4.78 is 4.90. The van der Waals surface area contributed by atoms with E-state index in [1.54, 1.807) is 12.0 Å². The van der Waals surface area contributed by atoms with Crippen LogP contribution in [0.15, 0.2) is 0 Å². The zero-order valence-corrected chi connectivity index (χ0v) is 9.28. The summed E-state index contributed by atoms with van der Waals surface area (Å²) in [6.07, 6.45) is 1.59. The van der Waals surface area contributed by atoms with Crippen molar-refractivity contribution >= 4 is 11.8 Å². The van der Waals surface area contributed by atoms with Crippen LogP contribution < -0.4 is 5.32 Å². The van der Waals surface area contributed by atoms with E-state index in [1.807, 2.05) is 6.92 Å². The zero-order chi connectivity index (χ0) is 11.3. The number of hydrogen-bond donors (Lipinski definition) is 1. The fourth-order valence-electron chi connectivity index (χ4n) is 1.65. The number of methoxy groups -OCH3 is 1. The lowest BCUT2D eigenvalue weighted by molar-refractivity contribution is -0.145. The number of nitrogens with one attached hydrogen (secondary N) is 1. The third kappa shape index (κ3) is 3.20. The molecule has 1 aliphatic heterocycles. The molecule has 0 saturated carbocycles. The van der Waals surface area contributed by atoms with E-state index >= 15 is 0 Å². The van der Waals surface area contributed by atoms with Crippen LogP contribution in [0.25, 0.3) is 0 Å². The Morgan fingerprint density at radius 3 is 2.87 bits per heavy atom. The maximum Gasteiger partial charge on any atom is 0.245 e. The van der Waals surface area contributed by atoms with Crippen LogP contribution in [-0.4, -0.2) is 49.6 Å². The van der Waals surface area contributed by atoms with Gasteiger partial charge in [0.1, 0.15) is 6.04 Å². The van der Waals surface area contributed by atoms with Crippen molar-refractivity contribution in [2.45, 2.75) is 25.8 Å². The molecule has 1 atom stereocenters. The van der Waals surface area contributed by atoms with Crippen LogP contribution in [0.5, 0.6) is 0 Å². The normalized spacial score (nSPS) is 21.7. The largest absolute Gasteiger partial charge is 0.383 e. The summed E-state index contributed by atoms with van der Waals surface area (Å²) in [5.74, 6) is -0.0716. The number of carbonyl (C=O) groups is 2. The quantitative estimate of drug-likeness (QED) is 0.687. The predicted octanol–water partition coefficient (Wildman–Crippen LogP) is -0.240. The molecule has 15 heavy (non-hydrogen) atoms. The van der Waals surface area contributed by atoms with Crippen molar-refractivity contribution in [1.29, 1.82) is 0 Å². The summed E-state index contributed by atoms with van der Waals surface area (Å²) in [7, 11) is 1.58. The monoisotopic (exact) mass is 214 g/mol. The van der Waals surface area contributed by atoms with Gasteiger partial charge < -0.3 is 15.0 Å². The number of carbonyl (C=O) groups excluding carboxylic acids is 2. The maximum atomic E-state index is 11.8. The first-order chi connectivity index (χ1) is 7.19. The molecule has 0 spiro atoms. The van der Waals surface area contributed by atoms with E-state index in [9.17, 15) is 9.59 Å². The van der Waals surface area contributed by atoms with E-state index in [4.69, 9.17) is 4.74 Å². The summed E-state index contributed by atoms with van der Waals surface area (Å²) in [5, 5.41) is 2.70. The molecule has 0 aromatic carbocycles. The molecule has 0 aromatic heterocycles. The highest BCUT2D eigenvalue weighted by Gasteiger charge is 2.31. The third-order valence-electron chi connectivity index (χ3n) is 2.42. The lowest BCUT2D eigenvalue weighted by Gasteiger charge is -2.32. The van der Waals surface area contributed by atoms with E-state index in [-0.39, 0.29) is 24.4 Å². The van der Waals surface area contributed by atoms with Crippen molar-refractivity contribution < 1.29 is 14.3 Å². The van der Waals surface area contributed by atoms with E-state index in [2.05, 4.69) is 5.32 Å². The average molecular weight is 214 g/mol. The molecular weight excluding hydrogens is 196 g/mol. The highest BCUT2D eigenvalue weighted by molar-refractivity contribution is 5.94. The summed E-state index contributed by atoms with van der Waals surface area (Å²) >= 11 is 0. The highest BCUT2D eigenvalue weighted by atomic mass is 16.5. The van der Waals surface area contributed by atoms with Gasteiger partial charge in [0.25, 0.3) is 0 Å². The molecule has 0 aromatic rings. The van der Waals surface area contributed by atoms with Gasteiger partial charge in [-0.2, -0.15) is 0 Å². The molecule has 5 nitrogen and oxygen atoms in total. The Morgan fingerprint density at radius 1 is 1.53 bits per heavy atom. The number of hydrogen-bond acceptors (Lipinski definition) is 3. The summed E-state index contributed by atoms with van der Waals surface area (Å²) in [5.41, 5.74) is 0. The van der Waals surface area contributed by atoms with E-state index in [0.29, 0.717) is 19.6 Å².